The monoisotopic (exact) mass is 397 g/mol. The van der Waals surface area contributed by atoms with Gasteiger partial charge in [-0.15, -0.1) is 0 Å². The molecular formula is C18H28BrN3O2. The summed E-state index contributed by atoms with van der Waals surface area (Å²) in [6.45, 7) is 9.28. The highest BCUT2D eigenvalue weighted by atomic mass is 79.9. The van der Waals surface area contributed by atoms with E-state index < -0.39 is 5.60 Å². The van der Waals surface area contributed by atoms with E-state index in [0.29, 0.717) is 0 Å². The molecule has 0 aliphatic carbocycles. The second-order valence-corrected chi connectivity index (χ2v) is 8.30. The number of aromatic nitrogens is 1. The van der Waals surface area contributed by atoms with Crippen LogP contribution in [0.4, 0.5) is 4.79 Å². The molecular weight excluding hydrogens is 370 g/mol. The molecule has 5 nitrogen and oxygen atoms in total. The number of pyridine rings is 1. The number of halogens is 1. The number of amides is 1. The first-order valence-corrected chi connectivity index (χ1v) is 9.36. The van der Waals surface area contributed by atoms with Crippen LogP contribution in [-0.2, 0) is 11.2 Å². The molecule has 0 aromatic carbocycles. The van der Waals surface area contributed by atoms with Gasteiger partial charge in [-0.3, -0.25) is 10.2 Å². The summed E-state index contributed by atoms with van der Waals surface area (Å²) < 4.78 is 6.43. The first-order valence-electron chi connectivity index (χ1n) is 8.57. The minimum atomic E-state index is -0.477. The number of rotatable bonds is 4. The summed E-state index contributed by atoms with van der Waals surface area (Å²) in [7, 11) is 0. The van der Waals surface area contributed by atoms with Crippen molar-refractivity contribution in [2.45, 2.75) is 64.6 Å². The summed E-state index contributed by atoms with van der Waals surface area (Å²) in [6.07, 6.45) is 3.63. The lowest BCUT2D eigenvalue weighted by Gasteiger charge is -2.45. The zero-order valence-corrected chi connectivity index (χ0v) is 16.6. The van der Waals surface area contributed by atoms with Crippen LogP contribution in [0.5, 0.6) is 0 Å². The summed E-state index contributed by atoms with van der Waals surface area (Å²) in [5, 5.41) is 3.55. The predicted molar refractivity (Wildman–Crippen MR) is 98.8 cm³/mol. The molecule has 1 N–H and O–H groups in total. The molecule has 1 saturated heterocycles. The van der Waals surface area contributed by atoms with Gasteiger partial charge in [0.1, 0.15) is 10.2 Å². The Labute approximate surface area is 153 Å². The van der Waals surface area contributed by atoms with Gasteiger partial charge in [0.2, 0.25) is 0 Å². The van der Waals surface area contributed by atoms with Gasteiger partial charge in [-0.2, -0.15) is 0 Å². The van der Waals surface area contributed by atoms with E-state index >= 15 is 0 Å². The van der Waals surface area contributed by atoms with Crippen molar-refractivity contribution in [2.24, 2.45) is 0 Å². The fourth-order valence-electron chi connectivity index (χ4n) is 2.96. The largest absolute Gasteiger partial charge is 0.444 e. The minimum Gasteiger partial charge on any atom is -0.444 e. The smallest absolute Gasteiger partial charge is 0.411 e. The van der Waals surface area contributed by atoms with Crippen LogP contribution >= 0.6 is 15.9 Å². The normalized spacial score (nSPS) is 21.6. The lowest BCUT2D eigenvalue weighted by molar-refractivity contribution is -0.0206. The maximum atomic E-state index is 12.6. The van der Waals surface area contributed by atoms with Gasteiger partial charge >= 0.3 is 6.09 Å². The standard InChI is InChI=1S/C18H28BrN3O2/c1-17(2,3)24-16(23)22-13-6-5-11-18(22,4)20-12-10-14-8-7-9-15(19)21-14/h7-9,20H,5-6,10-13H2,1-4H3. The van der Waals surface area contributed by atoms with Gasteiger partial charge in [0, 0.05) is 25.2 Å². The molecule has 0 radical (unpaired) electrons. The second-order valence-electron chi connectivity index (χ2n) is 7.49. The maximum Gasteiger partial charge on any atom is 0.411 e. The third kappa shape index (κ3) is 5.45. The highest BCUT2D eigenvalue weighted by Crippen LogP contribution is 2.27. The molecule has 1 aliphatic rings. The van der Waals surface area contributed by atoms with Crippen LogP contribution in [-0.4, -0.2) is 40.3 Å². The van der Waals surface area contributed by atoms with Crippen LogP contribution < -0.4 is 5.32 Å². The lowest BCUT2D eigenvalue weighted by atomic mass is 9.97. The molecule has 2 rings (SSSR count). The summed E-state index contributed by atoms with van der Waals surface area (Å²) in [5.41, 5.74) is 0.183. The molecule has 1 aromatic rings. The van der Waals surface area contributed by atoms with E-state index in [4.69, 9.17) is 4.74 Å². The quantitative estimate of drug-likeness (QED) is 0.776. The number of carbonyl (C=O) groups is 1. The molecule has 0 spiro atoms. The third-order valence-electron chi connectivity index (χ3n) is 4.16. The summed E-state index contributed by atoms with van der Waals surface area (Å²) in [5.74, 6) is 0. The predicted octanol–water partition coefficient (Wildman–Crippen LogP) is 4.11. The molecule has 2 heterocycles. The van der Waals surface area contributed by atoms with E-state index in [0.717, 1.165) is 49.1 Å². The number of piperidine rings is 1. The van der Waals surface area contributed by atoms with Gasteiger partial charge in [-0.25, -0.2) is 9.78 Å². The van der Waals surface area contributed by atoms with Crippen molar-refractivity contribution in [3.05, 3.63) is 28.5 Å². The Hall–Kier alpha value is -1.14. The summed E-state index contributed by atoms with van der Waals surface area (Å²) >= 11 is 3.40. The summed E-state index contributed by atoms with van der Waals surface area (Å²) in [6, 6.07) is 5.92. The van der Waals surface area contributed by atoms with E-state index in [1.165, 1.54) is 0 Å². The van der Waals surface area contributed by atoms with E-state index in [-0.39, 0.29) is 11.8 Å². The van der Waals surface area contributed by atoms with Crippen LogP contribution in [0.2, 0.25) is 0 Å². The van der Waals surface area contributed by atoms with Crippen LogP contribution in [0.15, 0.2) is 22.8 Å². The Bertz CT molecular complexity index is 574. The van der Waals surface area contributed by atoms with Crippen molar-refractivity contribution >= 4 is 22.0 Å². The first-order chi connectivity index (χ1) is 11.2. The Morgan fingerprint density at radius 3 is 2.83 bits per heavy atom. The first kappa shape index (κ1) is 19.2. The van der Waals surface area contributed by atoms with E-state index in [9.17, 15) is 4.79 Å². The molecule has 1 unspecified atom stereocenters. The van der Waals surface area contributed by atoms with Crippen molar-refractivity contribution in [1.82, 2.24) is 15.2 Å². The van der Waals surface area contributed by atoms with Gasteiger partial charge in [-0.1, -0.05) is 6.07 Å². The maximum absolute atomic E-state index is 12.6. The molecule has 1 aliphatic heterocycles. The summed E-state index contributed by atoms with van der Waals surface area (Å²) in [4.78, 5) is 18.8. The molecule has 6 heteroatoms. The van der Waals surface area contributed by atoms with Gasteiger partial charge in [0.05, 0.1) is 5.66 Å². The second kappa shape index (κ2) is 7.83. The highest BCUT2D eigenvalue weighted by molar-refractivity contribution is 9.10. The van der Waals surface area contributed by atoms with Crippen molar-refractivity contribution in [3.8, 4) is 0 Å². The fourth-order valence-corrected chi connectivity index (χ4v) is 3.34. The van der Waals surface area contributed by atoms with Crippen molar-refractivity contribution in [3.63, 3.8) is 0 Å². The van der Waals surface area contributed by atoms with E-state index in [1.807, 2.05) is 43.9 Å². The van der Waals surface area contributed by atoms with Crippen LogP contribution in [0.25, 0.3) is 0 Å². The molecule has 24 heavy (non-hydrogen) atoms. The Balaban J connectivity index is 1.97. The number of nitrogens with one attached hydrogen (secondary N) is 1. The van der Waals surface area contributed by atoms with Crippen molar-refractivity contribution in [1.29, 1.82) is 0 Å². The SMILES string of the molecule is CC(C)(C)OC(=O)N1CCCCC1(C)NCCc1cccc(Br)n1. The molecule has 0 saturated carbocycles. The number of ether oxygens (including phenoxy) is 1. The fraction of sp³-hybridized carbons (Fsp3) is 0.667. The molecule has 1 fully saturated rings. The van der Waals surface area contributed by atoms with Gasteiger partial charge in [0.25, 0.3) is 0 Å². The Morgan fingerprint density at radius 2 is 2.17 bits per heavy atom. The third-order valence-corrected chi connectivity index (χ3v) is 4.61. The van der Waals surface area contributed by atoms with Crippen molar-refractivity contribution < 1.29 is 9.53 Å². The Morgan fingerprint density at radius 1 is 1.42 bits per heavy atom. The highest BCUT2D eigenvalue weighted by Gasteiger charge is 2.39. The number of likely N-dealkylation sites (tertiary alicyclic amines) is 1. The van der Waals surface area contributed by atoms with Crippen LogP contribution in [0.3, 0.4) is 0 Å². The number of carbonyl (C=O) groups excluding carboxylic acids is 1. The number of hydrogen-bond acceptors (Lipinski definition) is 4. The minimum absolute atomic E-state index is 0.238. The van der Waals surface area contributed by atoms with E-state index in [2.05, 4.69) is 33.2 Å². The van der Waals surface area contributed by atoms with Gasteiger partial charge in [0.15, 0.2) is 0 Å². The van der Waals surface area contributed by atoms with Crippen molar-refractivity contribution in [2.75, 3.05) is 13.1 Å². The van der Waals surface area contributed by atoms with Gasteiger partial charge in [-0.05, 0) is 75.0 Å². The zero-order valence-electron chi connectivity index (χ0n) is 15.1. The average molecular weight is 398 g/mol. The zero-order chi connectivity index (χ0) is 17.8. The average Bonchev–Trinajstić information content (AvgIpc) is 2.45. The van der Waals surface area contributed by atoms with Crippen LogP contribution in [0.1, 0.15) is 52.7 Å². The Kier molecular flexibility index (Phi) is 6.26. The number of hydrogen-bond donors (Lipinski definition) is 1. The topological polar surface area (TPSA) is 54.5 Å². The van der Waals surface area contributed by atoms with Gasteiger partial charge < -0.3 is 4.74 Å². The number of nitrogens with zero attached hydrogens (tertiary/aromatic N) is 2. The molecule has 1 aromatic heterocycles. The molecule has 1 amide bonds. The molecule has 1 atom stereocenters. The van der Waals surface area contributed by atoms with E-state index in [1.54, 1.807) is 0 Å². The van der Waals surface area contributed by atoms with Crippen LogP contribution in [0, 0.1) is 0 Å². The molecule has 134 valence electrons. The molecule has 0 bridgehead atoms. The lowest BCUT2D eigenvalue weighted by Crippen LogP contribution is -2.62.